The highest BCUT2D eigenvalue weighted by atomic mass is 32.2. The van der Waals surface area contributed by atoms with Crippen LogP contribution in [0.5, 0.6) is 0 Å². The number of hydrogen-bond acceptors (Lipinski definition) is 5. The van der Waals surface area contributed by atoms with Gasteiger partial charge in [-0.2, -0.15) is 0 Å². The lowest BCUT2D eigenvalue weighted by Gasteiger charge is -2.15. The van der Waals surface area contributed by atoms with E-state index in [0.29, 0.717) is 16.7 Å². The molecule has 0 aliphatic carbocycles. The molecule has 28 heavy (non-hydrogen) atoms. The summed E-state index contributed by atoms with van der Waals surface area (Å²) in [6, 6.07) is 10.0. The highest BCUT2D eigenvalue weighted by molar-refractivity contribution is 7.99. The van der Waals surface area contributed by atoms with Crippen molar-refractivity contribution in [3.05, 3.63) is 47.7 Å². The number of furan rings is 1. The minimum atomic E-state index is -0.0431. The second-order valence-corrected chi connectivity index (χ2v) is 7.68. The number of nitrogens with one attached hydrogen (secondary N) is 1. The first kappa shape index (κ1) is 20.2. The highest BCUT2D eigenvalue weighted by Crippen LogP contribution is 2.28. The van der Waals surface area contributed by atoms with Crippen LogP contribution in [0, 0.1) is 0 Å². The number of benzene rings is 1. The van der Waals surface area contributed by atoms with Crippen molar-refractivity contribution < 1.29 is 9.21 Å². The van der Waals surface area contributed by atoms with Gasteiger partial charge in [0, 0.05) is 11.7 Å². The number of carbonyl (C=O) groups excluding carboxylic acids is 1. The molecule has 0 saturated carbocycles. The summed E-state index contributed by atoms with van der Waals surface area (Å²) in [7, 11) is 0. The molecule has 6 nitrogen and oxygen atoms in total. The molecular formula is C21H26N4O2S. The lowest BCUT2D eigenvalue weighted by molar-refractivity contribution is -0.113. The lowest BCUT2D eigenvalue weighted by atomic mass is 10.0. The summed E-state index contributed by atoms with van der Waals surface area (Å²) in [6.07, 6.45) is 3.38. The summed E-state index contributed by atoms with van der Waals surface area (Å²) in [5, 5.41) is 12.3. The van der Waals surface area contributed by atoms with Gasteiger partial charge >= 0.3 is 0 Å². The van der Waals surface area contributed by atoms with Gasteiger partial charge in [0.25, 0.3) is 0 Å². The molecule has 0 radical (unpaired) electrons. The normalized spacial score (nSPS) is 11.2. The van der Waals surface area contributed by atoms with Gasteiger partial charge in [0.2, 0.25) is 11.7 Å². The zero-order valence-corrected chi connectivity index (χ0v) is 17.5. The van der Waals surface area contributed by atoms with Crippen LogP contribution in [0.2, 0.25) is 0 Å². The summed E-state index contributed by atoms with van der Waals surface area (Å²) >= 11 is 1.38. The van der Waals surface area contributed by atoms with Crippen LogP contribution in [0.25, 0.3) is 11.6 Å². The summed E-state index contributed by atoms with van der Waals surface area (Å²) in [4.78, 5) is 12.6. The molecular weight excluding hydrogens is 372 g/mol. The minimum Gasteiger partial charge on any atom is -0.461 e. The molecule has 0 bridgehead atoms. The average Bonchev–Trinajstić information content (AvgIpc) is 3.35. The number of carbonyl (C=O) groups is 1. The van der Waals surface area contributed by atoms with Crippen LogP contribution in [-0.4, -0.2) is 26.4 Å². The first-order valence-electron chi connectivity index (χ1n) is 9.57. The van der Waals surface area contributed by atoms with Crippen LogP contribution in [0.4, 0.5) is 5.69 Å². The molecule has 148 valence electrons. The molecule has 0 unspecified atom stereocenters. The molecule has 2 aromatic heterocycles. The van der Waals surface area contributed by atoms with E-state index in [9.17, 15) is 4.79 Å². The molecule has 0 fully saturated rings. The second-order valence-electron chi connectivity index (χ2n) is 6.74. The van der Waals surface area contributed by atoms with Crippen LogP contribution >= 0.6 is 11.8 Å². The Hall–Kier alpha value is -2.54. The largest absolute Gasteiger partial charge is 0.461 e. The molecule has 7 heteroatoms. The molecule has 0 spiro atoms. The Balaban J connectivity index is 1.74. The minimum absolute atomic E-state index is 0.0431. The third-order valence-electron chi connectivity index (χ3n) is 4.52. The summed E-state index contributed by atoms with van der Waals surface area (Å²) in [5.41, 5.74) is 3.26. The summed E-state index contributed by atoms with van der Waals surface area (Å²) in [6.45, 7) is 8.32. The van der Waals surface area contributed by atoms with Gasteiger partial charge in [-0.3, -0.25) is 9.36 Å². The molecule has 1 N–H and O–H groups in total. The van der Waals surface area contributed by atoms with Gasteiger partial charge in [-0.05, 0) is 49.9 Å². The van der Waals surface area contributed by atoms with Crippen LogP contribution in [0.3, 0.4) is 0 Å². The van der Waals surface area contributed by atoms with E-state index < -0.39 is 0 Å². The average molecular weight is 399 g/mol. The van der Waals surface area contributed by atoms with Crippen LogP contribution < -0.4 is 5.32 Å². The number of amides is 1. The SMILES string of the molecule is CCc1cccc(CC)c1NC(=O)CSc1nnc(-c2ccco2)n1C(C)C. The zero-order chi connectivity index (χ0) is 20.1. The Morgan fingerprint density at radius 1 is 1.14 bits per heavy atom. The Labute approximate surface area is 169 Å². The Bertz CT molecular complexity index is 910. The van der Waals surface area contributed by atoms with E-state index in [1.807, 2.05) is 22.8 Å². The number of rotatable bonds is 8. The molecule has 3 aromatic rings. The van der Waals surface area contributed by atoms with Crippen molar-refractivity contribution in [1.82, 2.24) is 14.8 Å². The van der Waals surface area contributed by atoms with Crippen molar-refractivity contribution in [1.29, 1.82) is 0 Å². The van der Waals surface area contributed by atoms with Gasteiger partial charge in [-0.15, -0.1) is 10.2 Å². The smallest absolute Gasteiger partial charge is 0.234 e. The standard InChI is InChI=1S/C21H26N4O2S/c1-5-15-9-7-10-16(6-2)19(15)22-18(26)13-28-21-24-23-20(25(21)14(3)4)17-11-8-12-27-17/h7-12,14H,5-6,13H2,1-4H3,(H,22,26). The molecule has 1 aromatic carbocycles. The third-order valence-corrected chi connectivity index (χ3v) is 5.46. The molecule has 0 atom stereocenters. The Kier molecular flexibility index (Phi) is 6.57. The predicted molar refractivity (Wildman–Crippen MR) is 113 cm³/mol. The van der Waals surface area contributed by atoms with Gasteiger partial charge in [0.05, 0.1) is 12.0 Å². The summed E-state index contributed by atoms with van der Waals surface area (Å²) in [5.74, 6) is 1.57. The number of para-hydroxylation sites is 1. The van der Waals surface area contributed by atoms with E-state index in [2.05, 4.69) is 55.3 Å². The van der Waals surface area contributed by atoms with Gasteiger partial charge < -0.3 is 9.73 Å². The fourth-order valence-electron chi connectivity index (χ4n) is 3.12. The van der Waals surface area contributed by atoms with Gasteiger partial charge in [-0.1, -0.05) is 43.8 Å². The fraction of sp³-hybridized carbons (Fsp3) is 0.381. The van der Waals surface area contributed by atoms with Crippen molar-refractivity contribution in [2.75, 3.05) is 11.1 Å². The van der Waals surface area contributed by atoms with Gasteiger partial charge in [-0.25, -0.2) is 0 Å². The van der Waals surface area contributed by atoms with E-state index in [0.717, 1.165) is 29.7 Å². The van der Waals surface area contributed by atoms with Gasteiger partial charge in [0.1, 0.15) is 0 Å². The summed E-state index contributed by atoms with van der Waals surface area (Å²) < 4.78 is 7.46. The lowest BCUT2D eigenvalue weighted by Crippen LogP contribution is -2.17. The van der Waals surface area contributed by atoms with Crippen molar-refractivity contribution in [3.8, 4) is 11.6 Å². The van der Waals surface area contributed by atoms with E-state index in [1.165, 1.54) is 11.8 Å². The second kappa shape index (κ2) is 9.10. The predicted octanol–water partition coefficient (Wildman–Crippen LogP) is 4.97. The first-order valence-corrected chi connectivity index (χ1v) is 10.6. The quantitative estimate of drug-likeness (QED) is 0.542. The van der Waals surface area contributed by atoms with Crippen molar-refractivity contribution in [2.24, 2.45) is 0 Å². The topological polar surface area (TPSA) is 73.0 Å². The van der Waals surface area contributed by atoms with E-state index in [1.54, 1.807) is 6.26 Å². The van der Waals surface area contributed by atoms with Crippen LogP contribution in [-0.2, 0) is 17.6 Å². The Morgan fingerprint density at radius 3 is 2.43 bits per heavy atom. The monoisotopic (exact) mass is 398 g/mol. The number of thioether (sulfide) groups is 1. The maximum Gasteiger partial charge on any atom is 0.234 e. The van der Waals surface area contributed by atoms with Crippen molar-refractivity contribution in [3.63, 3.8) is 0 Å². The van der Waals surface area contributed by atoms with Crippen LogP contribution in [0.1, 0.15) is 44.9 Å². The van der Waals surface area contributed by atoms with E-state index in [-0.39, 0.29) is 17.7 Å². The number of hydrogen-bond donors (Lipinski definition) is 1. The van der Waals surface area contributed by atoms with E-state index >= 15 is 0 Å². The van der Waals surface area contributed by atoms with Crippen molar-refractivity contribution >= 4 is 23.4 Å². The molecule has 0 aliphatic heterocycles. The molecule has 0 saturated heterocycles. The molecule has 0 aliphatic rings. The molecule has 3 rings (SSSR count). The van der Waals surface area contributed by atoms with Gasteiger partial charge in [0.15, 0.2) is 10.9 Å². The Morgan fingerprint density at radius 2 is 1.86 bits per heavy atom. The first-order chi connectivity index (χ1) is 13.5. The highest BCUT2D eigenvalue weighted by Gasteiger charge is 2.19. The number of nitrogens with zero attached hydrogens (tertiary/aromatic N) is 3. The fourth-order valence-corrected chi connectivity index (χ4v) is 3.99. The molecule has 2 heterocycles. The third kappa shape index (κ3) is 4.30. The van der Waals surface area contributed by atoms with Crippen LogP contribution in [0.15, 0.2) is 46.2 Å². The van der Waals surface area contributed by atoms with E-state index in [4.69, 9.17) is 4.42 Å². The maximum absolute atomic E-state index is 12.6. The number of aryl methyl sites for hydroxylation is 2. The number of anilines is 1. The maximum atomic E-state index is 12.6. The zero-order valence-electron chi connectivity index (χ0n) is 16.7. The van der Waals surface area contributed by atoms with Crippen molar-refractivity contribution in [2.45, 2.75) is 51.7 Å². The molecule has 1 amide bonds. The number of aromatic nitrogens is 3.